The summed E-state index contributed by atoms with van der Waals surface area (Å²) < 4.78 is 33.6. The van der Waals surface area contributed by atoms with Crippen LogP contribution in [-0.2, 0) is 32.7 Å². The lowest BCUT2D eigenvalue weighted by Crippen LogP contribution is -2.29. The van der Waals surface area contributed by atoms with Gasteiger partial charge in [0.05, 0.1) is 13.2 Å². The van der Waals surface area contributed by atoms with Gasteiger partial charge in [-0.1, -0.05) is 179 Å². The first kappa shape index (κ1) is 57.5. The van der Waals surface area contributed by atoms with E-state index in [1.807, 2.05) is 19.0 Å². The van der Waals surface area contributed by atoms with Gasteiger partial charge in [-0.3, -0.25) is 18.6 Å². The van der Waals surface area contributed by atoms with E-state index in [1.165, 1.54) is 167 Å². The Balaban J connectivity index is 4.18. The zero-order valence-corrected chi connectivity index (χ0v) is 39.9. The molecule has 9 nitrogen and oxygen atoms in total. The molecule has 1 N–H and O–H groups in total. The highest BCUT2D eigenvalue weighted by Gasteiger charge is 2.26. The van der Waals surface area contributed by atoms with E-state index in [0.29, 0.717) is 13.0 Å². The van der Waals surface area contributed by atoms with Gasteiger partial charge in [0.25, 0.3) is 0 Å². The van der Waals surface area contributed by atoms with Crippen molar-refractivity contribution in [2.45, 2.75) is 238 Å². The number of carbonyl (C=O) groups excluding carboxylic acids is 2. The lowest BCUT2D eigenvalue weighted by Gasteiger charge is -2.20. The minimum absolute atomic E-state index is 0.00823. The minimum atomic E-state index is -4.36. The zero-order valence-electron chi connectivity index (χ0n) is 39.0. The topological polar surface area (TPSA) is 112 Å². The summed E-state index contributed by atoms with van der Waals surface area (Å²) in [5.41, 5.74) is 0. The average molecular weight is 856 g/mol. The third kappa shape index (κ3) is 45.8. The highest BCUT2D eigenvalue weighted by molar-refractivity contribution is 7.47. The molecular formula is C49H94NO8P. The van der Waals surface area contributed by atoms with Crippen molar-refractivity contribution in [2.24, 2.45) is 0 Å². The number of ether oxygens (including phenoxy) is 2. The molecule has 0 saturated heterocycles. The Labute approximate surface area is 364 Å². The summed E-state index contributed by atoms with van der Waals surface area (Å²) in [7, 11) is -0.708. The van der Waals surface area contributed by atoms with E-state index in [9.17, 15) is 19.0 Å². The molecule has 0 heterocycles. The SMILES string of the molecule is CCCCCC/C=C\CCCCCCCCCC(=O)OCC(COP(=O)(O)OCCN(C)C)OC(=O)CCCCCCCCCCCCC/C=C\CCCCCCCC. The summed E-state index contributed by atoms with van der Waals surface area (Å²) in [5, 5.41) is 0. The van der Waals surface area contributed by atoms with Gasteiger partial charge in [-0.25, -0.2) is 4.57 Å². The molecule has 0 fully saturated rings. The summed E-state index contributed by atoms with van der Waals surface area (Å²) in [4.78, 5) is 37.1. The predicted octanol–water partition coefficient (Wildman–Crippen LogP) is 14.6. The fourth-order valence-electron chi connectivity index (χ4n) is 6.91. The Morgan fingerprint density at radius 1 is 0.508 bits per heavy atom. The third-order valence-electron chi connectivity index (χ3n) is 10.7. The molecule has 0 aromatic heterocycles. The number of likely N-dealkylation sites (N-methyl/N-ethyl adjacent to an activating group) is 1. The van der Waals surface area contributed by atoms with Gasteiger partial charge in [-0.05, 0) is 78.3 Å². The molecule has 0 amide bonds. The van der Waals surface area contributed by atoms with Crippen LogP contribution in [0.25, 0.3) is 0 Å². The van der Waals surface area contributed by atoms with Crippen molar-refractivity contribution < 1.29 is 37.6 Å². The smallest absolute Gasteiger partial charge is 0.462 e. The maximum Gasteiger partial charge on any atom is 0.472 e. The number of carbonyl (C=O) groups is 2. The first-order valence-electron chi connectivity index (χ1n) is 24.6. The van der Waals surface area contributed by atoms with Crippen molar-refractivity contribution in [3.8, 4) is 0 Å². The molecule has 2 unspecified atom stereocenters. The van der Waals surface area contributed by atoms with Crippen LogP contribution in [0.3, 0.4) is 0 Å². The molecule has 348 valence electrons. The summed E-state index contributed by atoms with van der Waals surface area (Å²) in [6.07, 6.45) is 47.9. The van der Waals surface area contributed by atoms with Crippen molar-refractivity contribution >= 4 is 19.8 Å². The van der Waals surface area contributed by atoms with E-state index in [1.54, 1.807) is 0 Å². The summed E-state index contributed by atoms with van der Waals surface area (Å²) in [6, 6.07) is 0. The lowest BCUT2D eigenvalue weighted by molar-refractivity contribution is -0.161. The van der Waals surface area contributed by atoms with Gasteiger partial charge in [0.15, 0.2) is 6.10 Å². The zero-order chi connectivity index (χ0) is 43.3. The highest BCUT2D eigenvalue weighted by Crippen LogP contribution is 2.43. The second kappa shape index (κ2) is 44.5. The van der Waals surface area contributed by atoms with Gasteiger partial charge < -0.3 is 19.3 Å². The van der Waals surface area contributed by atoms with E-state index in [4.69, 9.17) is 18.5 Å². The average Bonchev–Trinajstić information content (AvgIpc) is 3.20. The molecule has 10 heteroatoms. The number of hydrogen-bond acceptors (Lipinski definition) is 8. The predicted molar refractivity (Wildman–Crippen MR) is 248 cm³/mol. The van der Waals surface area contributed by atoms with Gasteiger partial charge in [0.1, 0.15) is 6.61 Å². The molecule has 0 bridgehead atoms. The summed E-state index contributed by atoms with van der Waals surface area (Å²) >= 11 is 0. The fraction of sp³-hybridized carbons (Fsp3) is 0.878. The molecule has 0 rings (SSSR count). The van der Waals surface area contributed by atoms with E-state index in [2.05, 4.69) is 38.2 Å². The minimum Gasteiger partial charge on any atom is -0.462 e. The maximum absolute atomic E-state index is 12.7. The number of esters is 2. The van der Waals surface area contributed by atoms with Gasteiger partial charge in [-0.15, -0.1) is 0 Å². The van der Waals surface area contributed by atoms with E-state index in [0.717, 1.165) is 32.1 Å². The van der Waals surface area contributed by atoms with Crippen LogP contribution in [0.5, 0.6) is 0 Å². The number of rotatable bonds is 46. The monoisotopic (exact) mass is 856 g/mol. The third-order valence-corrected chi connectivity index (χ3v) is 11.7. The molecule has 0 aliphatic carbocycles. The van der Waals surface area contributed by atoms with Gasteiger partial charge in [0, 0.05) is 19.4 Å². The van der Waals surface area contributed by atoms with Crippen molar-refractivity contribution in [3.63, 3.8) is 0 Å². The molecule has 0 aliphatic rings. The van der Waals surface area contributed by atoms with Crippen LogP contribution in [0.1, 0.15) is 232 Å². The highest BCUT2D eigenvalue weighted by atomic mass is 31.2. The number of phosphoric ester groups is 1. The molecule has 0 spiro atoms. The number of phosphoric acid groups is 1. The van der Waals surface area contributed by atoms with Gasteiger partial charge >= 0.3 is 19.8 Å². The summed E-state index contributed by atoms with van der Waals surface area (Å²) in [6.45, 7) is 4.33. The van der Waals surface area contributed by atoms with Crippen LogP contribution in [0.15, 0.2) is 24.3 Å². The van der Waals surface area contributed by atoms with Crippen LogP contribution in [0, 0.1) is 0 Å². The molecular weight excluding hydrogens is 762 g/mol. The van der Waals surface area contributed by atoms with Gasteiger partial charge in [0.2, 0.25) is 0 Å². The van der Waals surface area contributed by atoms with Crippen LogP contribution in [-0.4, -0.2) is 68.3 Å². The van der Waals surface area contributed by atoms with Crippen LogP contribution in [0.2, 0.25) is 0 Å². The van der Waals surface area contributed by atoms with Crippen molar-refractivity contribution in [2.75, 3.05) is 40.5 Å². The number of allylic oxidation sites excluding steroid dienone is 4. The molecule has 0 saturated carbocycles. The van der Waals surface area contributed by atoms with E-state index < -0.39 is 26.5 Å². The molecule has 0 aliphatic heterocycles. The normalized spacial score (nSPS) is 13.5. The fourth-order valence-corrected chi connectivity index (χ4v) is 7.65. The molecule has 0 aromatic rings. The summed E-state index contributed by atoms with van der Waals surface area (Å²) in [5.74, 6) is -0.800. The Morgan fingerprint density at radius 2 is 0.864 bits per heavy atom. The van der Waals surface area contributed by atoms with Crippen LogP contribution >= 0.6 is 7.82 Å². The first-order chi connectivity index (χ1) is 28.7. The first-order valence-corrected chi connectivity index (χ1v) is 26.1. The Bertz CT molecular complexity index is 1040. The molecule has 0 radical (unpaired) electrons. The maximum atomic E-state index is 12.7. The van der Waals surface area contributed by atoms with Crippen LogP contribution in [0.4, 0.5) is 0 Å². The van der Waals surface area contributed by atoms with Gasteiger partial charge in [-0.2, -0.15) is 0 Å². The quantitative estimate of drug-likeness (QED) is 0.0277. The van der Waals surface area contributed by atoms with E-state index >= 15 is 0 Å². The molecule has 59 heavy (non-hydrogen) atoms. The lowest BCUT2D eigenvalue weighted by atomic mass is 10.0. The molecule has 2 atom stereocenters. The molecule has 0 aromatic carbocycles. The van der Waals surface area contributed by atoms with Crippen molar-refractivity contribution in [1.82, 2.24) is 4.90 Å². The Hall–Kier alpha value is -1.51. The largest absolute Gasteiger partial charge is 0.472 e. The number of unbranched alkanes of at least 4 members (excludes halogenated alkanes) is 28. The standard InChI is InChI=1S/C49H94NO8P/c1-5-7-9-11-13-15-17-19-21-22-23-24-25-26-28-30-32-34-36-38-40-42-49(52)58-47(46-57-59(53,54)56-44-43-50(3)4)45-55-48(51)41-39-37-35-33-31-29-27-20-18-16-14-12-10-8-6-2/h16,18-19,21,47H,5-15,17,20,22-46H2,1-4H3,(H,53,54)/b18-16-,21-19-. The second-order valence-electron chi connectivity index (χ2n) is 17.0. The van der Waals surface area contributed by atoms with Crippen molar-refractivity contribution in [3.05, 3.63) is 24.3 Å². The van der Waals surface area contributed by atoms with Crippen LogP contribution < -0.4 is 0 Å². The Kier molecular flexibility index (Phi) is 43.4. The Morgan fingerprint density at radius 3 is 1.27 bits per heavy atom. The second-order valence-corrected chi connectivity index (χ2v) is 18.4. The van der Waals surface area contributed by atoms with Crippen molar-refractivity contribution in [1.29, 1.82) is 0 Å². The number of hydrogen-bond donors (Lipinski definition) is 1. The van der Waals surface area contributed by atoms with E-state index in [-0.39, 0.29) is 32.0 Å². The number of nitrogens with zero attached hydrogens (tertiary/aromatic N) is 1.